The van der Waals surface area contributed by atoms with Crippen molar-refractivity contribution in [2.45, 2.75) is 59.4 Å². The average Bonchev–Trinajstić information content (AvgIpc) is 3.65. The smallest absolute Gasteiger partial charge is 0.465 e. The summed E-state index contributed by atoms with van der Waals surface area (Å²) in [7, 11) is 1.37. The molecule has 0 unspecified atom stereocenters. The molecule has 0 atom stereocenters. The van der Waals surface area contributed by atoms with E-state index in [0.29, 0.717) is 30.1 Å². The summed E-state index contributed by atoms with van der Waals surface area (Å²) in [5.41, 5.74) is 4.26. The lowest BCUT2D eigenvalue weighted by atomic mass is 10.0. The zero-order valence-electron chi connectivity index (χ0n) is 22.1. The minimum absolute atomic E-state index is 0.132. The molecular formula is C29H34N2O6. The minimum atomic E-state index is -1.00. The maximum absolute atomic E-state index is 12.9. The van der Waals surface area contributed by atoms with Crippen LogP contribution in [0.15, 0.2) is 36.5 Å². The van der Waals surface area contributed by atoms with E-state index < -0.39 is 18.1 Å². The largest absolute Gasteiger partial charge is 0.516 e. The molecule has 2 heterocycles. The van der Waals surface area contributed by atoms with Crippen LogP contribution in [-0.2, 0) is 27.2 Å². The zero-order chi connectivity index (χ0) is 26.7. The second kappa shape index (κ2) is 11.2. The maximum atomic E-state index is 12.9. The van der Waals surface area contributed by atoms with Crippen LogP contribution in [-0.4, -0.2) is 41.4 Å². The van der Waals surface area contributed by atoms with Crippen LogP contribution in [0, 0.1) is 11.8 Å². The number of methoxy groups -OCH3 is 1. The van der Waals surface area contributed by atoms with Gasteiger partial charge in [0.1, 0.15) is 5.69 Å². The van der Waals surface area contributed by atoms with Crippen molar-refractivity contribution < 1.29 is 28.6 Å². The molecule has 0 spiro atoms. The average molecular weight is 507 g/mol. The van der Waals surface area contributed by atoms with E-state index in [1.165, 1.54) is 7.11 Å². The molecule has 1 aliphatic carbocycles. The van der Waals surface area contributed by atoms with Crippen LogP contribution in [0.1, 0.15) is 84.1 Å². The highest BCUT2D eigenvalue weighted by Gasteiger charge is 2.26. The maximum Gasteiger partial charge on any atom is 0.516 e. The van der Waals surface area contributed by atoms with E-state index in [2.05, 4.69) is 18.8 Å². The second-order valence-electron chi connectivity index (χ2n) is 10.5. The molecule has 1 aliphatic rings. The number of hydrogen-bond donors (Lipinski definition) is 0. The summed E-state index contributed by atoms with van der Waals surface area (Å²) in [6, 6.07) is 9.50. The fourth-order valence-corrected chi connectivity index (χ4v) is 4.32. The van der Waals surface area contributed by atoms with Gasteiger partial charge in [-0.25, -0.2) is 14.4 Å². The van der Waals surface area contributed by atoms with E-state index in [-0.39, 0.29) is 24.1 Å². The number of nitrogens with zero attached hydrogens (tertiary/aromatic N) is 2. The Hall–Kier alpha value is -3.68. The van der Waals surface area contributed by atoms with Crippen LogP contribution in [0.3, 0.4) is 0 Å². The predicted octanol–water partition coefficient (Wildman–Crippen LogP) is 5.90. The van der Waals surface area contributed by atoms with Gasteiger partial charge in [0.25, 0.3) is 0 Å². The third-order valence-electron chi connectivity index (χ3n) is 6.25. The first kappa shape index (κ1) is 26.4. The van der Waals surface area contributed by atoms with Gasteiger partial charge < -0.3 is 18.8 Å². The SMILES string of the molecule is COC(=O)c1cc(C2CC2)cnc1Cc1ccc2c(c1)cc(C(=O)OC(=O)OCC(C)C)n2CC(C)C. The topological polar surface area (TPSA) is 96.7 Å². The molecule has 8 nitrogen and oxygen atoms in total. The predicted molar refractivity (Wildman–Crippen MR) is 139 cm³/mol. The van der Waals surface area contributed by atoms with Gasteiger partial charge >= 0.3 is 18.1 Å². The Kier molecular flexibility index (Phi) is 7.95. The number of carbonyl (C=O) groups is 3. The van der Waals surface area contributed by atoms with Gasteiger partial charge in [0.05, 0.1) is 25.0 Å². The molecule has 4 rings (SSSR count). The summed E-state index contributed by atoms with van der Waals surface area (Å²) >= 11 is 0. The Morgan fingerprint density at radius 1 is 1.03 bits per heavy atom. The first-order chi connectivity index (χ1) is 17.7. The van der Waals surface area contributed by atoms with Crippen molar-refractivity contribution >= 4 is 29.0 Å². The highest BCUT2D eigenvalue weighted by Crippen LogP contribution is 2.40. The summed E-state index contributed by atoms with van der Waals surface area (Å²) in [4.78, 5) is 42.0. The lowest BCUT2D eigenvalue weighted by Crippen LogP contribution is -2.19. The molecule has 0 bridgehead atoms. The normalized spacial score (nSPS) is 13.3. The molecule has 2 aromatic heterocycles. The minimum Gasteiger partial charge on any atom is -0.465 e. The molecule has 1 aromatic carbocycles. The molecule has 1 fully saturated rings. The Morgan fingerprint density at radius 3 is 2.43 bits per heavy atom. The first-order valence-electron chi connectivity index (χ1n) is 12.7. The van der Waals surface area contributed by atoms with Gasteiger partial charge in [-0.15, -0.1) is 0 Å². The van der Waals surface area contributed by atoms with E-state index in [1.54, 1.807) is 6.07 Å². The van der Waals surface area contributed by atoms with Crippen molar-refractivity contribution in [2.24, 2.45) is 11.8 Å². The third-order valence-corrected chi connectivity index (χ3v) is 6.25. The fourth-order valence-electron chi connectivity index (χ4n) is 4.32. The number of rotatable bonds is 9. The van der Waals surface area contributed by atoms with Gasteiger partial charge in [0.2, 0.25) is 0 Å². The lowest BCUT2D eigenvalue weighted by molar-refractivity contribution is 0.0341. The first-order valence-corrected chi connectivity index (χ1v) is 12.7. The molecule has 0 saturated heterocycles. The Morgan fingerprint density at radius 2 is 1.78 bits per heavy atom. The Labute approximate surface area is 216 Å². The number of benzene rings is 1. The quantitative estimate of drug-likeness (QED) is 0.263. The lowest BCUT2D eigenvalue weighted by Gasteiger charge is -2.13. The van der Waals surface area contributed by atoms with Gasteiger partial charge in [-0.3, -0.25) is 4.98 Å². The fraction of sp³-hybridized carbons (Fsp3) is 0.448. The van der Waals surface area contributed by atoms with E-state index in [0.717, 1.165) is 34.9 Å². The third kappa shape index (κ3) is 6.37. The van der Waals surface area contributed by atoms with Crippen LogP contribution >= 0.6 is 0 Å². The van der Waals surface area contributed by atoms with Crippen molar-refractivity contribution in [3.05, 3.63) is 64.6 Å². The molecule has 196 valence electrons. The summed E-state index contributed by atoms with van der Waals surface area (Å²) in [5, 5.41) is 0.829. The van der Waals surface area contributed by atoms with Gasteiger partial charge in [-0.2, -0.15) is 0 Å². The number of fused-ring (bicyclic) bond motifs is 1. The molecule has 37 heavy (non-hydrogen) atoms. The number of carbonyl (C=O) groups excluding carboxylic acids is 3. The molecule has 1 saturated carbocycles. The number of hydrogen-bond acceptors (Lipinski definition) is 7. The Bertz CT molecular complexity index is 1320. The molecular weight excluding hydrogens is 472 g/mol. The standard InChI is InChI=1S/C29H34N2O6/c1-17(2)15-31-25-9-6-19(10-21(25)13-26(31)28(33)37-29(34)36-16-18(3)4)11-24-23(27(32)35-5)12-22(14-30-24)20-7-8-20/h6,9-10,12-14,17-18,20H,7-8,11,15-16H2,1-5H3. The van der Waals surface area contributed by atoms with Crippen molar-refractivity contribution in [2.75, 3.05) is 13.7 Å². The highest BCUT2D eigenvalue weighted by atomic mass is 16.7. The number of ether oxygens (including phenoxy) is 3. The number of esters is 2. The van der Waals surface area contributed by atoms with E-state index in [9.17, 15) is 14.4 Å². The van der Waals surface area contributed by atoms with Crippen LogP contribution < -0.4 is 0 Å². The van der Waals surface area contributed by atoms with Crippen molar-refractivity contribution in [3.63, 3.8) is 0 Å². The van der Waals surface area contributed by atoms with Crippen molar-refractivity contribution in [3.8, 4) is 0 Å². The molecule has 0 aliphatic heterocycles. The van der Waals surface area contributed by atoms with Gasteiger partial charge in [-0.05, 0) is 66.0 Å². The van der Waals surface area contributed by atoms with Gasteiger partial charge in [0.15, 0.2) is 0 Å². The zero-order valence-corrected chi connectivity index (χ0v) is 22.1. The summed E-state index contributed by atoms with van der Waals surface area (Å²) < 4.78 is 16.9. The monoisotopic (exact) mass is 506 g/mol. The Balaban J connectivity index is 1.63. The number of pyridine rings is 1. The van der Waals surface area contributed by atoms with Gasteiger partial charge in [-0.1, -0.05) is 33.8 Å². The number of aromatic nitrogens is 2. The van der Waals surface area contributed by atoms with E-state index in [4.69, 9.17) is 14.2 Å². The highest BCUT2D eigenvalue weighted by molar-refractivity contribution is 5.99. The van der Waals surface area contributed by atoms with Gasteiger partial charge in [0, 0.05) is 30.1 Å². The van der Waals surface area contributed by atoms with Crippen molar-refractivity contribution in [1.29, 1.82) is 0 Å². The van der Waals surface area contributed by atoms with E-state index >= 15 is 0 Å². The van der Waals surface area contributed by atoms with Crippen molar-refractivity contribution in [1.82, 2.24) is 9.55 Å². The molecule has 0 radical (unpaired) electrons. The molecule has 3 aromatic rings. The van der Waals surface area contributed by atoms with Crippen LogP contribution in [0.2, 0.25) is 0 Å². The van der Waals surface area contributed by atoms with Crippen LogP contribution in [0.25, 0.3) is 10.9 Å². The molecule has 0 amide bonds. The molecule has 0 N–H and O–H groups in total. The van der Waals surface area contributed by atoms with E-state index in [1.807, 2.05) is 48.9 Å². The summed E-state index contributed by atoms with van der Waals surface area (Å²) in [5.74, 6) is -0.289. The second-order valence-corrected chi connectivity index (χ2v) is 10.5. The molecule has 8 heteroatoms. The van der Waals surface area contributed by atoms with Crippen LogP contribution in [0.5, 0.6) is 0 Å². The van der Waals surface area contributed by atoms with Crippen LogP contribution in [0.4, 0.5) is 4.79 Å². The summed E-state index contributed by atoms with van der Waals surface area (Å²) in [6.45, 7) is 8.66. The summed E-state index contributed by atoms with van der Waals surface area (Å²) in [6.07, 6.45) is 3.51.